The van der Waals surface area contributed by atoms with E-state index < -0.39 is 0 Å². The van der Waals surface area contributed by atoms with Crippen LogP contribution in [0.5, 0.6) is 0 Å². The first-order valence-electron chi connectivity index (χ1n) is 6.41. The molecule has 1 heteroatoms. The lowest BCUT2D eigenvalue weighted by molar-refractivity contribution is 0.200. The van der Waals surface area contributed by atoms with Gasteiger partial charge in [0.1, 0.15) is 0 Å². The van der Waals surface area contributed by atoms with E-state index in [9.17, 15) is 5.11 Å². The molecule has 1 aromatic carbocycles. The third-order valence-corrected chi connectivity index (χ3v) is 3.14. The molecule has 0 aliphatic heterocycles. The Balaban J connectivity index is 2.43. The molecule has 1 nitrogen and oxygen atoms in total. The minimum atomic E-state index is 0.308. The highest BCUT2D eigenvalue weighted by Crippen LogP contribution is 2.20. The summed E-state index contributed by atoms with van der Waals surface area (Å²) in [5.41, 5.74) is 1.34. The van der Waals surface area contributed by atoms with Gasteiger partial charge in [-0.05, 0) is 30.2 Å². The highest BCUT2D eigenvalue weighted by atomic mass is 16.3. The molecule has 90 valence electrons. The Hall–Kier alpha value is -0.820. The summed E-state index contributed by atoms with van der Waals surface area (Å²) in [4.78, 5) is 0. The Morgan fingerprint density at radius 1 is 1.19 bits per heavy atom. The topological polar surface area (TPSA) is 20.2 Å². The Morgan fingerprint density at radius 2 is 1.88 bits per heavy atom. The van der Waals surface area contributed by atoms with Crippen molar-refractivity contribution in [2.45, 2.75) is 39.5 Å². The van der Waals surface area contributed by atoms with Crippen LogP contribution in [-0.4, -0.2) is 11.7 Å². The first-order valence-corrected chi connectivity index (χ1v) is 6.41. The van der Waals surface area contributed by atoms with Gasteiger partial charge in [-0.3, -0.25) is 0 Å². The molecule has 0 aromatic heterocycles. The lowest BCUT2D eigenvalue weighted by Crippen LogP contribution is -2.13. The molecule has 1 rings (SSSR count). The molecule has 0 radical (unpaired) electrons. The van der Waals surface area contributed by atoms with Crippen LogP contribution < -0.4 is 0 Å². The summed E-state index contributed by atoms with van der Waals surface area (Å²) in [6.45, 7) is 4.82. The molecular formula is C15H24O. The van der Waals surface area contributed by atoms with Crippen LogP contribution in [0.15, 0.2) is 30.3 Å². The summed E-state index contributed by atoms with van der Waals surface area (Å²) in [5.74, 6) is 1.15. The molecule has 0 bridgehead atoms. The van der Waals surface area contributed by atoms with Gasteiger partial charge < -0.3 is 5.11 Å². The second-order valence-electron chi connectivity index (χ2n) is 4.87. The lowest BCUT2D eigenvalue weighted by atomic mass is 9.89. The van der Waals surface area contributed by atoms with Crippen molar-refractivity contribution in [1.29, 1.82) is 0 Å². The maximum absolute atomic E-state index is 9.40. The van der Waals surface area contributed by atoms with Crippen molar-refractivity contribution in [3.8, 4) is 0 Å². The van der Waals surface area contributed by atoms with Gasteiger partial charge in [0.15, 0.2) is 0 Å². The Bertz CT molecular complexity index is 268. The van der Waals surface area contributed by atoms with E-state index in [0.29, 0.717) is 12.5 Å². The summed E-state index contributed by atoms with van der Waals surface area (Å²) in [6, 6.07) is 10.5. The molecule has 0 fully saturated rings. The monoisotopic (exact) mass is 220 g/mol. The van der Waals surface area contributed by atoms with Crippen molar-refractivity contribution in [2.75, 3.05) is 6.61 Å². The smallest absolute Gasteiger partial charge is 0.0462 e. The van der Waals surface area contributed by atoms with Gasteiger partial charge in [-0.2, -0.15) is 0 Å². The quantitative estimate of drug-likeness (QED) is 0.743. The summed E-state index contributed by atoms with van der Waals surface area (Å²) in [5, 5.41) is 9.40. The van der Waals surface area contributed by atoms with Crippen LogP contribution in [0.25, 0.3) is 0 Å². The van der Waals surface area contributed by atoms with Crippen LogP contribution in [0.1, 0.15) is 38.7 Å². The maximum Gasteiger partial charge on any atom is 0.0462 e. The molecule has 0 heterocycles. The molecule has 1 N–H and O–H groups in total. The van der Waals surface area contributed by atoms with Crippen molar-refractivity contribution < 1.29 is 5.11 Å². The molecule has 2 atom stereocenters. The van der Waals surface area contributed by atoms with Gasteiger partial charge in [0.2, 0.25) is 0 Å². The SMILES string of the molecule is CCCC(C)CC(CO)Cc1ccccc1. The van der Waals surface area contributed by atoms with Crippen molar-refractivity contribution >= 4 is 0 Å². The van der Waals surface area contributed by atoms with Gasteiger partial charge in [-0.25, -0.2) is 0 Å². The van der Waals surface area contributed by atoms with Gasteiger partial charge in [-0.15, -0.1) is 0 Å². The number of rotatable bonds is 7. The zero-order chi connectivity index (χ0) is 11.8. The molecule has 0 aliphatic rings. The predicted molar refractivity (Wildman–Crippen MR) is 69.4 cm³/mol. The van der Waals surface area contributed by atoms with E-state index >= 15 is 0 Å². The normalized spacial score (nSPS) is 14.7. The Labute approximate surface area is 99.5 Å². The minimum absolute atomic E-state index is 0.308. The zero-order valence-corrected chi connectivity index (χ0v) is 10.5. The molecule has 0 amide bonds. The number of aliphatic hydroxyl groups excluding tert-OH is 1. The van der Waals surface area contributed by atoms with Crippen LogP contribution in [0.3, 0.4) is 0 Å². The summed E-state index contributed by atoms with van der Waals surface area (Å²) < 4.78 is 0. The molecule has 0 spiro atoms. The molecule has 0 saturated carbocycles. The van der Waals surface area contributed by atoms with Gasteiger partial charge in [-0.1, -0.05) is 57.0 Å². The average Bonchev–Trinajstić information content (AvgIpc) is 2.30. The van der Waals surface area contributed by atoms with Crippen LogP contribution in [-0.2, 0) is 6.42 Å². The standard InChI is InChI=1S/C15H24O/c1-3-7-13(2)10-15(12-16)11-14-8-5-4-6-9-14/h4-6,8-9,13,15-16H,3,7,10-12H2,1-2H3. The van der Waals surface area contributed by atoms with E-state index in [1.165, 1.54) is 18.4 Å². The predicted octanol–water partition coefficient (Wildman–Crippen LogP) is 3.66. The van der Waals surface area contributed by atoms with Gasteiger partial charge >= 0.3 is 0 Å². The van der Waals surface area contributed by atoms with E-state index in [1.807, 2.05) is 6.07 Å². The summed E-state index contributed by atoms with van der Waals surface area (Å²) in [6.07, 6.45) is 4.65. The van der Waals surface area contributed by atoms with Crippen molar-refractivity contribution in [1.82, 2.24) is 0 Å². The average molecular weight is 220 g/mol. The fourth-order valence-corrected chi connectivity index (χ4v) is 2.35. The van der Waals surface area contributed by atoms with E-state index in [-0.39, 0.29) is 0 Å². The van der Waals surface area contributed by atoms with Gasteiger partial charge in [0.25, 0.3) is 0 Å². The van der Waals surface area contributed by atoms with Crippen LogP contribution >= 0.6 is 0 Å². The van der Waals surface area contributed by atoms with E-state index in [2.05, 4.69) is 38.1 Å². The van der Waals surface area contributed by atoms with E-state index in [1.54, 1.807) is 0 Å². The number of hydrogen-bond donors (Lipinski definition) is 1. The van der Waals surface area contributed by atoms with Gasteiger partial charge in [0, 0.05) is 6.61 Å². The number of benzene rings is 1. The van der Waals surface area contributed by atoms with Crippen LogP contribution in [0, 0.1) is 11.8 Å². The van der Waals surface area contributed by atoms with Crippen molar-refractivity contribution in [3.63, 3.8) is 0 Å². The fourth-order valence-electron chi connectivity index (χ4n) is 2.35. The fraction of sp³-hybridized carbons (Fsp3) is 0.600. The highest BCUT2D eigenvalue weighted by molar-refractivity contribution is 5.15. The lowest BCUT2D eigenvalue weighted by Gasteiger charge is -2.18. The highest BCUT2D eigenvalue weighted by Gasteiger charge is 2.12. The van der Waals surface area contributed by atoms with E-state index in [0.717, 1.165) is 18.8 Å². The minimum Gasteiger partial charge on any atom is -0.396 e. The first-order chi connectivity index (χ1) is 7.76. The molecular weight excluding hydrogens is 196 g/mol. The molecule has 0 saturated heterocycles. The third-order valence-electron chi connectivity index (χ3n) is 3.14. The summed E-state index contributed by atoms with van der Waals surface area (Å²) in [7, 11) is 0. The third kappa shape index (κ3) is 4.80. The van der Waals surface area contributed by atoms with Gasteiger partial charge in [0.05, 0.1) is 0 Å². The second kappa shape index (κ2) is 7.45. The second-order valence-corrected chi connectivity index (χ2v) is 4.87. The van der Waals surface area contributed by atoms with Crippen LogP contribution in [0.2, 0.25) is 0 Å². The largest absolute Gasteiger partial charge is 0.396 e. The van der Waals surface area contributed by atoms with Crippen molar-refractivity contribution in [2.24, 2.45) is 11.8 Å². The summed E-state index contributed by atoms with van der Waals surface area (Å²) >= 11 is 0. The first kappa shape index (κ1) is 13.2. The van der Waals surface area contributed by atoms with E-state index in [4.69, 9.17) is 0 Å². The number of aliphatic hydroxyl groups is 1. The maximum atomic E-state index is 9.40. The number of hydrogen-bond acceptors (Lipinski definition) is 1. The molecule has 2 unspecified atom stereocenters. The molecule has 1 aromatic rings. The Kier molecular flexibility index (Phi) is 6.17. The van der Waals surface area contributed by atoms with Crippen LogP contribution in [0.4, 0.5) is 0 Å². The van der Waals surface area contributed by atoms with Crippen molar-refractivity contribution in [3.05, 3.63) is 35.9 Å². The molecule has 0 aliphatic carbocycles. The zero-order valence-electron chi connectivity index (χ0n) is 10.5. The Morgan fingerprint density at radius 3 is 2.44 bits per heavy atom. The molecule has 16 heavy (non-hydrogen) atoms.